The summed E-state index contributed by atoms with van der Waals surface area (Å²) in [5.41, 5.74) is 5.94. The Morgan fingerprint density at radius 3 is 3.07 bits per heavy atom. The van der Waals surface area contributed by atoms with E-state index in [4.69, 9.17) is 15.0 Å². The van der Waals surface area contributed by atoms with Crippen LogP contribution in [0.15, 0.2) is 4.52 Å². The molecule has 0 aromatic carbocycles. The monoisotopic (exact) mass is 197 g/mol. The van der Waals surface area contributed by atoms with Crippen LogP contribution in [0.3, 0.4) is 0 Å². The van der Waals surface area contributed by atoms with Crippen LogP contribution < -0.4 is 5.73 Å². The summed E-state index contributed by atoms with van der Waals surface area (Å²) in [6, 6.07) is 0.172. The van der Waals surface area contributed by atoms with E-state index in [-0.39, 0.29) is 6.04 Å². The molecule has 0 spiro atoms. The van der Waals surface area contributed by atoms with E-state index in [1.165, 1.54) is 12.8 Å². The quantitative estimate of drug-likeness (QED) is 0.743. The second kappa shape index (κ2) is 4.06. The van der Waals surface area contributed by atoms with Gasteiger partial charge in [-0.25, -0.2) is 0 Å². The molecular weight excluding hydrogens is 182 g/mol. The van der Waals surface area contributed by atoms with Crippen molar-refractivity contribution in [2.45, 2.75) is 31.9 Å². The summed E-state index contributed by atoms with van der Waals surface area (Å²) in [6.45, 7) is 0.391. The second-order valence-electron chi connectivity index (χ2n) is 3.74. The number of methoxy groups -OCH3 is 1. The standard InChI is InChI=1S/C9H15N3O2/c1-13-5-8-11-9(14-12-8)4-7(10)6-2-3-6/h6-7H,2-5,10H2,1H3. The van der Waals surface area contributed by atoms with E-state index >= 15 is 0 Å². The van der Waals surface area contributed by atoms with Crippen molar-refractivity contribution in [2.24, 2.45) is 11.7 Å². The summed E-state index contributed by atoms with van der Waals surface area (Å²) < 4.78 is 9.93. The third kappa shape index (κ3) is 2.30. The molecule has 0 aliphatic heterocycles. The highest BCUT2D eigenvalue weighted by Gasteiger charge is 2.29. The maximum atomic E-state index is 5.94. The Morgan fingerprint density at radius 2 is 2.43 bits per heavy atom. The molecule has 0 radical (unpaired) electrons. The average Bonchev–Trinajstić information content (AvgIpc) is 2.92. The van der Waals surface area contributed by atoms with Crippen molar-refractivity contribution in [3.63, 3.8) is 0 Å². The zero-order valence-corrected chi connectivity index (χ0v) is 8.27. The summed E-state index contributed by atoms with van der Waals surface area (Å²) in [5.74, 6) is 1.87. The first-order valence-electron chi connectivity index (χ1n) is 4.85. The molecule has 1 saturated carbocycles. The van der Waals surface area contributed by atoms with E-state index < -0.39 is 0 Å². The number of nitrogens with two attached hydrogens (primary N) is 1. The van der Waals surface area contributed by atoms with Crippen molar-refractivity contribution in [1.29, 1.82) is 0 Å². The van der Waals surface area contributed by atoms with Crippen LogP contribution in [-0.4, -0.2) is 23.3 Å². The predicted molar refractivity (Wildman–Crippen MR) is 49.4 cm³/mol. The van der Waals surface area contributed by atoms with Crippen LogP contribution in [0, 0.1) is 5.92 Å². The Kier molecular flexibility index (Phi) is 2.79. The molecule has 2 N–H and O–H groups in total. The van der Waals surface area contributed by atoms with Crippen LogP contribution in [0.4, 0.5) is 0 Å². The number of nitrogens with zero attached hydrogens (tertiary/aromatic N) is 2. The maximum absolute atomic E-state index is 5.94. The van der Waals surface area contributed by atoms with Crippen LogP contribution in [0.25, 0.3) is 0 Å². The van der Waals surface area contributed by atoms with Crippen molar-refractivity contribution >= 4 is 0 Å². The Labute approximate surface area is 82.6 Å². The summed E-state index contributed by atoms with van der Waals surface area (Å²) >= 11 is 0. The highest BCUT2D eigenvalue weighted by molar-refractivity contribution is 4.93. The van der Waals surface area contributed by atoms with E-state index in [9.17, 15) is 0 Å². The topological polar surface area (TPSA) is 74.2 Å². The van der Waals surface area contributed by atoms with Gasteiger partial charge in [-0.1, -0.05) is 5.16 Å². The lowest BCUT2D eigenvalue weighted by atomic mass is 10.1. The van der Waals surface area contributed by atoms with Crippen LogP contribution in [0.5, 0.6) is 0 Å². The van der Waals surface area contributed by atoms with Crippen LogP contribution in [0.2, 0.25) is 0 Å². The largest absolute Gasteiger partial charge is 0.377 e. The molecule has 0 bridgehead atoms. The van der Waals surface area contributed by atoms with Crippen molar-refractivity contribution in [3.05, 3.63) is 11.7 Å². The zero-order valence-electron chi connectivity index (χ0n) is 8.27. The average molecular weight is 197 g/mol. The molecule has 1 aromatic heterocycles. The summed E-state index contributed by atoms with van der Waals surface area (Å²) in [4.78, 5) is 4.17. The summed E-state index contributed by atoms with van der Waals surface area (Å²) in [6.07, 6.45) is 3.15. The van der Waals surface area contributed by atoms with Crippen LogP contribution in [0.1, 0.15) is 24.6 Å². The Balaban J connectivity index is 1.88. The summed E-state index contributed by atoms with van der Waals surface area (Å²) in [7, 11) is 1.60. The molecule has 5 nitrogen and oxygen atoms in total. The van der Waals surface area contributed by atoms with Gasteiger partial charge in [-0.2, -0.15) is 4.98 Å². The minimum atomic E-state index is 0.172. The van der Waals surface area contributed by atoms with Crippen molar-refractivity contribution < 1.29 is 9.26 Å². The molecule has 1 aliphatic rings. The molecule has 14 heavy (non-hydrogen) atoms. The molecule has 1 fully saturated rings. The smallest absolute Gasteiger partial charge is 0.228 e. The van der Waals surface area contributed by atoms with Crippen molar-refractivity contribution in [3.8, 4) is 0 Å². The first-order chi connectivity index (χ1) is 6.79. The molecule has 1 aliphatic carbocycles. The van der Waals surface area contributed by atoms with Gasteiger partial charge in [0.2, 0.25) is 5.89 Å². The van der Waals surface area contributed by atoms with Gasteiger partial charge < -0.3 is 15.0 Å². The van der Waals surface area contributed by atoms with Crippen molar-refractivity contribution in [2.75, 3.05) is 7.11 Å². The van der Waals surface area contributed by atoms with E-state index in [1.807, 2.05) is 0 Å². The first kappa shape index (κ1) is 9.61. The van der Waals surface area contributed by atoms with E-state index in [0.717, 1.165) is 0 Å². The molecule has 1 unspecified atom stereocenters. The van der Waals surface area contributed by atoms with Gasteiger partial charge in [-0.15, -0.1) is 0 Å². The van der Waals surface area contributed by atoms with Gasteiger partial charge in [0.25, 0.3) is 0 Å². The Bertz CT molecular complexity index is 296. The molecule has 0 amide bonds. The third-order valence-corrected chi connectivity index (χ3v) is 2.42. The maximum Gasteiger partial charge on any atom is 0.228 e. The first-order valence-corrected chi connectivity index (χ1v) is 4.85. The highest BCUT2D eigenvalue weighted by atomic mass is 16.5. The minimum Gasteiger partial charge on any atom is -0.377 e. The molecule has 1 aromatic rings. The fourth-order valence-electron chi connectivity index (χ4n) is 1.45. The summed E-state index contributed by atoms with van der Waals surface area (Å²) in [5, 5.41) is 3.77. The number of hydrogen-bond donors (Lipinski definition) is 1. The fourth-order valence-corrected chi connectivity index (χ4v) is 1.45. The normalized spacial score (nSPS) is 18.4. The lowest BCUT2D eigenvalue weighted by Crippen LogP contribution is -2.25. The lowest BCUT2D eigenvalue weighted by molar-refractivity contribution is 0.174. The number of rotatable bonds is 5. The van der Waals surface area contributed by atoms with Gasteiger partial charge in [-0.3, -0.25) is 0 Å². The minimum absolute atomic E-state index is 0.172. The number of hydrogen-bond acceptors (Lipinski definition) is 5. The molecule has 0 saturated heterocycles. The molecule has 78 valence electrons. The highest BCUT2D eigenvalue weighted by Crippen LogP contribution is 2.32. The Morgan fingerprint density at radius 1 is 1.64 bits per heavy atom. The van der Waals surface area contributed by atoms with E-state index in [0.29, 0.717) is 30.7 Å². The molecule has 1 atom stereocenters. The molecule has 1 heterocycles. The van der Waals surface area contributed by atoms with Gasteiger partial charge in [0.1, 0.15) is 6.61 Å². The SMILES string of the molecule is COCc1noc(CC(N)C2CC2)n1. The van der Waals surface area contributed by atoms with Crippen LogP contribution >= 0.6 is 0 Å². The van der Waals surface area contributed by atoms with E-state index in [1.54, 1.807) is 7.11 Å². The lowest BCUT2D eigenvalue weighted by Gasteiger charge is -2.04. The van der Waals surface area contributed by atoms with Crippen molar-refractivity contribution in [1.82, 2.24) is 10.1 Å². The van der Waals surface area contributed by atoms with Gasteiger partial charge in [0, 0.05) is 19.6 Å². The number of aromatic nitrogens is 2. The molecule has 2 rings (SSSR count). The van der Waals surface area contributed by atoms with Gasteiger partial charge in [0.05, 0.1) is 0 Å². The van der Waals surface area contributed by atoms with Crippen LogP contribution in [-0.2, 0) is 17.8 Å². The molecule has 5 heteroatoms. The molecular formula is C9H15N3O2. The third-order valence-electron chi connectivity index (χ3n) is 2.42. The second-order valence-corrected chi connectivity index (χ2v) is 3.74. The van der Waals surface area contributed by atoms with Gasteiger partial charge >= 0.3 is 0 Å². The van der Waals surface area contributed by atoms with E-state index in [2.05, 4.69) is 10.1 Å². The zero-order chi connectivity index (χ0) is 9.97. The van der Waals surface area contributed by atoms with Gasteiger partial charge in [0.15, 0.2) is 5.82 Å². The van der Waals surface area contributed by atoms with Gasteiger partial charge in [-0.05, 0) is 18.8 Å². The number of ether oxygens (including phenoxy) is 1. The fraction of sp³-hybridized carbons (Fsp3) is 0.778. The predicted octanol–water partition coefficient (Wildman–Crippen LogP) is 0.496. The Hall–Kier alpha value is -0.940.